The van der Waals surface area contributed by atoms with Gasteiger partial charge in [-0.05, 0) is 30.7 Å². The van der Waals surface area contributed by atoms with Crippen molar-refractivity contribution in [1.29, 1.82) is 0 Å². The van der Waals surface area contributed by atoms with Crippen LogP contribution in [0.4, 0.5) is 4.39 Å². The summed E-state index contributed by atoms with van der Waals surface area (Å²) < 4.78 is 17.9. The number of imidazole rings is 1. The molecule has 4 aromatic rings. The number of fused-ring (bicyclic) bond motifs is 2. The first-order valence-corrected chi connectivity index (χ1v) is 8.78. The SMILES string of the molecule is C/C(=N/OCCO)c1ccc2ncc(Cc3cc4cnn(C)c4cc3F)n2n1. The van der Waals surface area contributed by atoms with E-state index in [-0.39, 0.29) is 19.0 Å². The highest BCUT2D eigenvalue weighted by atomic mass is 19.1. The molecule has 0 saturated carbocycles. The monoisotopic (exact) mass is 382 g/mol. The van der Waals surface area contributed by atoms with Crippen molar-refractivity contribution in [1.82, 2.24) is 24.4 Å². The van der Waals surface area contributed by atoms with Crippen LogP contribution in [0.15, 0.2) is 41.8 Å². The van der Waals surface area contributed by atoms with Crippen molar-refractivity contribution in [3.05, 3.63) is 59.4 Å². The van der Waals surface area contributed by atoms with Gasteiger partial charge in [0, 0.05) is 24.9 Å². The second-order valence-electron chi connectivity index (χ2n) is 6.42. The van der Waals surface area contributed by atoms with Crippen LogP contribution >= 0.6 is 0 Å². The largest absolute Gasteiger partial charge is 0.393 e. The molecule has 9 heteroatoms. The lowest BCUT2D eigenvalue weighted by Gasteiger charge is -2.06. The van der Waals surface area contributed by atoms with Gasteiger partial charge in [-0.25, -0.2) is 13.9 Å². The van der Waals surface area contributed by atoms with E-state index in [2.05, 4.69) is 20.3 Å². The van der Waals surface area contributed by atoms with Crippen LogP contribution in [0.3, 0.4) is 0 Å². The number of oxime groups is 1. The minimum Gasteiger partial charge on any atom is -0.393 e. The normalized spacial score (nSPS) is 12.2. The first kappa shape index (κ1) is 18.1. The van der Waals surface area contributed by atoms with Crippen molar-refractivity contribution in [3.63, 3.8) is 0 Å². The maximum atomic E-state index is 14.6. The lowest BCUT2D eigenvalue weighted by Crippen LogP contribution is -2.07. The molecule has 4 rings (SSSR count). The highest BCUT2D eigenvalue weighted by Gasteiger charge is 2.13. The number of aliphatic hydroxyl groups excluding tert-OH is 1. The molecule has 0 amide bonds. The lowest BCUT2D eigenvalue weighted by molar-refractivity contribution is 0.0986. The Balaban J connectivity index is 1.68. The number of aryl methyl sites for hydroxylation is 1. The Morgan fingerprint density at radius 3 is 2.96 bits per heavy atom. The molecular weight excluding hydrogens is 363 g/mol. The number of hydrogen-bond donors (Lipinski definition) is 1. The number of nitrogens with zero attached hydrogens (tertiary/aromatic N) is 6. The first-order chi connectivity index (χ1) is 13.6. The second-order valence-corrected chi connectivity index (χ2v) is 6.42. The average molecular weight is 382 g/mol. The molecule has 1 aromatic carbocycles. The van der Waals surface area contributed by atoms with Crippen molar-refractivity contribution in [2.75, 3.05) is 13.2 Å². The molecule has 0 atom stereocenters. The maximum absolute atomic E-state index is 14.6. The third-order valence-electron chi connectivity index (χ3n) is 4.47. The van der Waals surface area contributed by atoms with Crippen LogP contribution in [0.2, 0.25) is 0 Å². The van der Waals surface area contributed by atoms with Gasteiger partial charge in [0.2, 0.25) is 0 Å². The molecule has 0 aliphatic rings. The summed E-state index contributed by atoms with van der Waals surface area (Å²) >= 11 is 0. The quantitative estimate of drug-likeness (QED) is 0.313. The van der Waals surface area contributed by atoms with Gasteiger partial charge < -0.3 is 9.94 Å². The van der Waals surface area contributed by atoms with Gasteiger partial charge in [-0.15, -0.1) is 0 Å². The minimum absolute atomic E-state index is 0.109. The molecule has 1 N–H and O–H groups in total. The topological polar surface area (TPSA) is 89.8 Å². The van der Waals surface area contributed by atoms with Crippen molar-refractivity contribution in [2.24, 2.45) is 12.2 Å². The van der Waals surface area contributed by atoms with Crippen LogP contribution in [0.25, 0.3) is 16.6 Å². The van der Waals surface area contributed by atoms with E-state index in [1.54, 1.807) is 47.7 Å². The maximum Gasteiger partial charge on any atom is 0.153 e. The van der Waals surface area contributed by atoms with Gasteiger partial charge in [0.05, 0.1) is 30.2 Å². The molecule has 28 heavy (non-hydrogen) atoms. The van der Waals surface area contributed by atoms with Gasteiger partial charge in [-0.3, -0.25) is 4.68 Å². The van der Waals surface area contributed by atoms with Crippen LogP contribution in [0.1, 0.15) is 23.9 Å². The van der Waals surface area contributed by atoms with Crippen LogP contribution in [-0.4, -0.2) is 48.4 Å². The fraction of sp³-hybridized carbons (Fsp3) is 0.263. The summed E-state index contributed by atoms with van der Waals surface area (Å²) in [4.78, 5) is 9.34. The van der Waals surface area contributed by atoms with Crippen LogP contribution < -0.4 is 0 Å². The zero-order valence-corrected chi connectivity index (χ0v) is 15.5. The van der Waals surface area contributed by atoms with Gasteiger partial charge in [0.1, 0.15) is 23.8 Å². The Hall–Kier alpha value is -3.33. The highest BCUT2D eigenvalue weighted by Crippen LogP contribution is 2.21. The molecule has 0 aliphatic heterocycles. The fourth-order valence-electron chi connectivity index (χ4n) is 3.02. The molecule has 0 unspecified atom stereocenters. The number of rotatable bonds is 6. The van der Waals surface area contributed by atoms with Gasteiger partial charge in [-0.1, -0.05) is 5.16 Å². The standard InChI is InChI=1S/C19H19FN6O2/c1-12(24-28-6-5-27)17-3-4-19-21-11-15(26(19)23-17)8-13-7-14-10-22-25(2)18(14)9-16(13)20/h3-4,7,9-11,27H,5-6,8H2,1-2H3/b24-12-. The molecular formula is C19H19FN6O2. The molecule has 0 aliphatic carbocycles. The highest BCUT2D eigenvalue weighted by molar-refractivity contribution is 5.96. The molecule has 144 valence electrons. The summed E-state index contributed by atoms with van der Waals surface area (Å²) in [6.45, 7) is 1.77. The summed E-state index contributed by atoms with van der Waals surface area (Å²) in [6, 6.07) is 6.90. The van der Waals surface area contributed by atoms with E-state index in [9.17, 15) is 4.39 Å². The van der Waals surface area contributed by atoms with Crippen LogP contribution in [0.5, 0.6) is 0 Å². The van der Waals surface area contributed by atoms with E-state index >= 15 is 0 Å². The number of halogens is 1. The number of benzene rings is 1. The Bertz CT molecular complexity index is 1180. The molecule has 0 fully saturated rings. The summed E-state index contributed by atoms with van der Waals surface area (Å²) in [6.07, 6.45) is 3.74. The molecule has 0 spiro atoms. The fourth-order valence-corrected chi connectivity index (χ4v) is 3.02. The number of hydrogen-bond acceptors (Lipinski definition) is 6. The van der Waals surface area contributed by atoms with Crippen LogP contribution in [-0.2, 0) is 18.3 Å². The van der Waals surface area contributed by atoms with Gasteiger partial charge in [-0.2, -0.15) is 10.2 Å². The molecule has 0 saturated heterocycles. The van der Waals surface area contributed by atoms with Crippen molar-refractivity contribution in [3.8, 4) is 0 Å². The van der Waals surface area contributed by atoms with Crippen molar-refractivity contribution < 1.29 is 14.3 Å². The van der Waals surface area contributed by atoms with Crippen molar-refractivity contribution in [2.45, 2.75) is 13.3 Å². The summed E-state index contributed by atoms with van der Waals surface area (Å²) in [5, 5.41) is 22.3. The second kappa shape index (κ2) is 7.35. The minimum atomic E-state index is -0.294. The Kier molecular flexibility index (Phi) is 4.74. The van der Waals surface area contributed by atoms with Crippen molar-refractivity contribution >= 4 is 22.3 Å². The molecule has 0 radical (unpaired) electrons. The lowest BCUT2D eigenvalue weighted by atomic mass is 10.1. The molecule has 0 bridgehead atoms. The summed E-state index contributed by atoms with van der Waals surface area (Å²) in [5.74, 6) is -0.294. The number of aliphatic hydroxyl groups is 1. The van der Waals surface area contributed by atoms with Gasteiger partial charge in [0.15, 0.2) is 5.65 Å². The molecule has 3 heterocycles. The zero-order valence-electron chi connectivity index (χ0n) is 15.5. The summed E-state index contributed by atoms with van der Waals surface area (Å²) in [5.41, 5.74) is 3.88. The van der Waals surface area contributed by atoms with E-state index in [0.717, 1.165) is 16.6 Å². The molecule has 8 nitrogen and oxygen atoms in total. The van der Waals surface area contributed by atoms with E-state index in [4.69, 9.17) is 9.94 Å². The predicted octanol–water partition coefficient (Wildman–Crippen LogP) is 2.08. The van der Waals surface area contributed by atoms with Gasteiger partial charge in [0.25, 0.3) is 0 Å². The van der Waals surface area contributed by atoms with E-state index < -0.39 is 0 Å². The number of aromatic nitrogens is 5. The summed E-state index contributed by atoms with van der Waals surface area (Å²) in [7, 11) is 1.78. The average Bonchev–Trinajstić information content (AvgIpc) is 3.26. The third-order valence-corrected chi connectivity index (χ3v) is 4.47. The van der Waals surface area contributed by atoms with E-state index in [0.29, 0.717) is 29.0 Å². The predicted molar refractivity (Wildman–Crippen MR) is 102 cm³/mol. The van der Waals surface area contributed by atoms with E-state index in [1.165, 1.54) is 6.07 Å². The Morgan fingerprint density at radius 2 is 2.14 bits per heavy atom. The van der Waals surface area contributed by atoms with Gasteiger partial charge >= 0.3 is 0 Å². The first-order valence-electron chi connectivity index (χ1n) is 8.78. The smallest absolute Gasteiger partial charge is 0.153 e. The van der Waals surface area contributed by atoms with Crippen LogP contribution in [0, 0.1) is 5.82 Å². The Labute approximate surface area is 159 Å². The Morgan fingerprint density at radius 1 is 1.29 bits per heavy atom. The zero-order chi connectivity index (χ0) is 19.7. The third kappa shape index (κ3) is 3.31. The molecule has 3 aromatic heterocycles. The van der Waals surface area contributed by atoms with E-state index in [1.807, 2.05) is 6.07 Å².